The highest BCUT2D eigenvalue weighted by atomic mass is 16.5. The zero-order valence-electron chi connectivity index (χ0n) is 9.87. The smallest absolute Gasteiger partial charge is 0.225 e. The SMILES string of the molecule is CC1OCCC1C(=O)NCC1(O)CCCC1. The normalized spacial score (nSPS) is 32.9. The Balaban J connectivity index is 1.79. The first-order valence-corrected chi connectivity index (χ1v) is 6.22. The summed E-state index contributed by atoms with van der Waals surface area (Å²) in [5.41, 5.74) is -0.654. The quantitative estimate of drug-likeness (QED) is 0.751. The molecule has 1 aliphatic carbocycles. The van der Waals surface area contributed by atoms with Gasteiger partial charge in [0.15, 0.2) is 0 Å². The fourth-order valence-electron chi connectivity index (χ4n) is 2.67. The average molecular weight is 227 g/mol. The van der Waals surface area contributed by atoms with Crippen LogP contribution in [0, 0.1) is 5.92 Å². The van der Waals surface area contributed by atoms with Gasteiger partial charge in [0.1, 0.15) is 0 Å². The molecule has 1 saturated carbocycles. The Hall–Kier alpha value is -0.610. The first-order valence-electron chi connectivity index (χ1n) is 6.22. The lowest BCUT2D eigenvalue weighted by Crippen LogP contribution is -2.44. The zero-order chi connectivity index (χ0) is 11.6. The van der Waals surface area contributed by atoms with Crippen LogP contribution in [-0.4, -0.2) is 35.9 Å². The largest absolute Gasteiger partial charge is 0.388 e. The Morgan fingerprint density at radius 1 is 1.50 bits per heavy atom. The average Bonchev–Trinajstić information content (AvgIpc) is 2.85. The second-order valence-corrected chi connectivity index (χ2v) is 5.12. The molecule has 92 valence electrons. The topological polar surface area (TPSA) is 58.6 Å². The van der Waals surface area contributed by atoms with Crippen molar-refractivity contribution in [2.75, 3.05) is 13.2 Å². The molecule has 1 amide bonds. The molecule has 0 bridgehead atoms. The van der Waals surface area contributed by atoms with E-state index in [4.69, 9.17) is 4.74 Å². The third-order valence-corrected chi connectivity index (χ3v) is 3.84. The lowest BCUT2D eigenvalue weighted by molar-refractivity contribution is -0.127. The van der Waals surface area contributed by atoms with Crippen molar-refractivity contribution in [3.05, 3.63) is 0 Å². The van der Waals surface area contributed by atoms with Crippen LogP contribution < -0.4 is 5.32 Å². The van der Waals surface area contributed by atoms with E-state index in [1.807, 2.05) is 6.92 Å². The molecule has 2 fully saturated rings. The number of amides is 1. The summed E-state index contributed by atoms with van der Waals surface area (Å²) in [7, 11) is 0. The lowest BCUT2D eigenvalue weighted by atomic mass is 9.99. The van der Waals surface area contributed by atoms with Crippen molar-refractivity contribution in [1.82, 2.24) is 5.32 Å². The zero-order valence-corrected chi connectivity index (χ0v) is 9.87. The second kappa shape index (κ2) is 4.72. The van der Waals surface area contributed by atoms with Crippen LogP contribution in [0.4, 0.5) is 0 Å². The highest BCUT2D eigenvalue weighted by Gasteiger charge is 2.34. The van der Waals surface area contributed by atoms with Gasteiger partial charge < -0.3 is 15.2 Å². The van der Waals surface area contributed by atoms with E-state index < -0.39 is 5.60 Å². The standard InChI is InChI=1S/C12H21NO3/c1-9-10(4-7-16-9)11(14)13-8-12(15)5-2-3-6-12/h9-10,15H,2-8H2,1H3,(H,13,14). The lowest BCUT2D eigenvalue weighted by Gasteiger charge is -2.24. The van der Waals surface area contributed by atoms with E-state index in [-0.39, 0.29) is 17.9 Å². The van der Waals surface area contributed by atoms with E-state index >= 15 is 0 Å². The van der Waals surface area contributed by atoms with Crippen molar-refractivity contribution < 1.29 is 14.6 Å². The van der Waals surface area contributed by atoms with E-state index in [0.717, 1.165) is 32.1 Å². The van der Waals surface area contributed by atoms with Crippen molar-refractivity contribution in [2.24, 2.45) is 5.92 Å². The van der Waals surface area contributed by atoms with Gasteiger partial charge in [0, 0.05) is 13.2 Å². The molecule has 2 N–H and O–H groups in total. The van der Waals surface area contributed by atoms with Gasteiger partial charge in [-0.2, -0.15) is 0 Å². The minimum absolute atomic E-state index is 0.0122. The number of hydrogen-bond donors (Lipinski definition) is 2. The van der Waals surface area contributed by atoms with E-state index in [9.17, 15) is 9.90 Å². The summed E-state index contributed by atoms with van der Waals surface area (Å²) >= 11 is 0. The molecule has 1 heterocycles. The van der Waals surface area contributed by atoms with Gasteiger partial charge in [0.05, 0.1) is 17.6 Å². The third kappa shape index (κ3) is 2.55. The third-order valence-electron chi connectivity index (χ3n) is 3.84. The van der Waals surface area contributed by atoms with Crippen molar-refractivity contribution >= 4 is 5.91 Å². The number of hydrogen-bond acceptors (Lipinski definition) is 3. The van der Waals surface area contributed by atoms with Crippen molar-refractivity contribution in [3.63, 3.8) is 0 Å². The monoisotopic (exact) mass is 227 g/mol. The molecule has 2 aliphatic rings. The molecule has 2 unspecified atom stereocenters. The van der Waals surface area contributed by atoms with Crippen LogP contribution in [0.3, 0.4) is 0 Å². The molecule has 16 heavy (non-hydrogen) atoms. The molecule has 1 saturated heterocycles. The van der Waals surface area contributed by atoms with Crippen LogP contribution in [0.25, 0.3) is 0 Å². The Kier molecular flexibility index (Phi) is 3.50. The van der Waals surface area contributed by atoms with Gasteiger partial charge in [-0.15, -0.1) is 0 Å². The molecule has 0 aromatic heterocycles. The first-order chi connectivity index (χ1) is 7.61. The molecule has 2 rings (SSSR count). The van der Waals surface area contributed by atoms with E-state index in [0.29, 0.717) is 13.2 Å². The van der Waals surface area contributed by atoms with Crippen LogP contribution >= 0.6 is 0 Å². The van der Waals surface area contributed by atoms with Gasteiger partial charge in [0.2, 0.25) is 5.91 Å². The van der Waals surface area contributed by atoms with Crippen molar-refractivity contribution in [1.29, 1.82) is 0 Å². The van der Waals surface area contributed by atoms with E-state index in [1.165, 1.54) is 0 Å². The summed E-state index contributed by atoms with van der Waals surface area (Å²) in [5, 5.41) is 13.0. The van der Waals surface area contributed by atoms with Crippen LogP contribution in [0.2, 0.25) is 0 Å². The molecule has 4 nitrogen and oxygen atoms in total. The highest BCUT2D eigenvalue weighted by molar-refractivity contribution is 5.79. The maximum absolute atomic E-state index is 11.9. The molecular formula is C12H21NO3. The number of ether oxygens (including phenoxy) is 1. The maximum atomic E-state index is 11.9. The first kappa shape index (κ1) is 11.9. The van der Waals surface area contributed by atoms with Gasteiger partial charge in [-0.25, -0.2) is 0 Å². The maximum Gasteiger partial charge on any atom is 0.225 e. The van der Waals surface area contributed by atoms with Crippen LogP contribution in [0.15, 0.2) is 0 Å². The predicted octanol–water partition coefficient (Wildman–Crippen LogP) is 0.833. The van der Waals surface area contributed by atoms with Gasteiger partial charge in [-0.3, -0.25) is 4.79 Å². The number of carbonyl (C=O) groups is 1. The van der Waals surface area contributed by atoms with Gasteiger partial charge in [-0.05, 0) is 26.2 Å². The Morgan fingerprint density at radius 2 is 2.19 bits per heavy atom. The highest BCUT2D eigenvalue weighted by Crippen LogP contribution is 2.29. The molecule has 0 aromatic rings. The number of carbonyl (C=O) groups excluding carboxylic acids is 1. The molecule has 0 aromatic carbocycles. The molecule has 0 spiro atoms. The molecule has 0 radical (unpaired) electrons. The summed E-state index contributed by atoms with van der Waals surface area (Å²) in [4.78, 5) is 11.9. The molecular weight excluding hydrogens is 206 g/mol. The molecule has 2 atom stereocenters. The Bertz CT molecular complexity index is 261. The minimum atomic E-state index is -0.654. The van der Waals surface area contributed by atoms with Crippen LogP contribution in [0.5, 0.6) is 0 Å². The van der Waals surface area contributed by atoms with Crippen molar-refractivity contribution in [3.8, 4) is 0 Å². The summed E-state index contributed by atoms with van der Waals surface area (Å²) in [5.74, 6) is -0.00433. The number of aliphatic hydroxyl groups is 1. The minimum Gasteiger partial charge on any atom is -0.388 e. The van der Waals surface area contributed by atoms with E-state index in [1.54, 1.807) is 0 Å². The Labute approximate surface area is 96.4 Å². The van der Waals surface area contributed by atoms with Crippen LogP contribution in [-0.2, 0) is 9.53 Å². The predicted molar refractivity (Wildman–Crippen MR) is 59.9 cm³/mol. The number of rotatable bonds is 3. The summed E-state index contributed by atoms with van der Waals surface area (Å²) in [6.45, 7) is 3.00. The fourth-order valence-corrected chi connectivity index (χ4v) is 2.67. The van der Waals surface area contributed by atoms with Crippen LogP contribution in [0.1, 0.15) is 39.0 Å². The van der Waals surface area contributed by atoms with Gasteiger partial charge in [0.25, 0.3) is 0 Å². The number of nitrogens with one attached hydrogen (secondary N) is 1. The van der Waals surface area contributed by atoms with Crippen molar-refractivity contribution in [2.45, 2.75) is 50.7 Å². The van der Waals surface area contributed by atoms with Gasteiger partial charge >= 0.3 is 0 Å². The fraction of sp³-hybridized carbons (Fsp3) is 0.917. The summed E-state index contributed by atoms with van der Waals surface area (Å²) in [6, 6.07) is 0. The second-order valence-electron chi connectivity index (χ2n) is 5.12. The molecule has 1 aliphatic heterocycles. The van der Waals surface area contributed by atoms with E-state index in [2.05, 4.69) is 5.32 Å². The summed E-state index contributed by atoms with van der Waals surface area (Å²) < 4.78 is 5.36. The van der Waals surface area contributed by atoms with Gasteiger partial charge in [-0.1, -0.05) is 12.8 Å². The Morgan fingerprint density at radius 3 is 2.75 bits per heavy atom. The molecule has 4 heteroatoms. The summed E-state index contributed by atoms with van der Waals surface area (Å²) in [6.07, 6.45) is 4.56.